The van der Waals surface area contributed by atoms with E-state index in [1.165, 1.54) is 12.8 Å². The molecule has 0 amide bonds. The number of aromatic amines is 1. The summed E-state index contributed by atoms with van der Waals surface area (Å²) >= 11 is 0. The number of nitrogens with one attached hydrogen (secondary N) is 1. The molecule has 0 spiro atoms. The van der Waals surface area contributed by atoms with Crippen LogP contribution >= 0.6 is 0 Å². The van der Waals surface area contributed by atoms with E-state index in [-0.39, 0.29) is 0 Å². The number of aromatic nitrogens is 3. The van der Waals surface area contributed by atoms with E-state index in [1.807, 2.05) is 6.20 Å². The summed E-state index contributed by atoms with van der Waals surface area (Å²) in [5, 5.41) is 1.14. The van der Waals surface area contributed by atoms with Gasteiger partial charge in [0.1, 0.15) is 17.8 Å². The maximum Gasteiger partial charge on any atom is 0.142 e. The largest absolute Gasteiger partial charge is 0.353 e. The fourth-order valence-corrected chi connectivity index (χ4v) is 2.84. The zero-order chi connectivity index (χ0) is 11.8. The highest BCUT2D eigenvalue weighted by Gasteiger charge is 2.29. The monoisotopic (exact) mass is 230 g/mol. The molecule has 1 aliphatic rings. The smallest absolute Gasteiger partial charge is 0.142 e. The van der Waals surface area contributed by atoms with E-state index in [9.17, 15) is 0 Å². The summed E-state index contributed by atoms with van der Waals surface area (Å²) in [5.41, 5.74) is 0.935. The standard InChI is InChI=1S/C13H18N4/c1-9(2)11-4-3-7-17(11)13-10-5-6-14-12(10)15-8-16-13/h5-6,8-9,11H,3-4,7H2,1-2H3,(H,14,15,16)/t11-/m1/s1. The highest BCUT2D eigenvalue weighted by Crippen LogP contribution is 2.31. The molecule has 3 heterocycles. The normalized spacial score (nSPS) is 20.6. The molecule has 17 heavy (non-hydrogen) atoms. The van der Waals surface area contributed by atoms with Gasteiger partial charge in [-0.3, -0.25) is 0 Å². The Labute approximate surface area is 101 Å². The van der Waals surface area contributed by atoms with Crippen molar-refractivity contribution in [2.45, 2.75) is 32.7 Å². The van der Waals surface area contributed by atoms with Gasteiger partial charge in [-0.25, -0.2) is 9.97 Å². The first-order valence-corrected chi connectivity index (χ1v) is 6.32. The molecule has 4 heteroatoms. The molecular weight excluding hydrogens is 212 g/mol. The van der Waals surface area contributed by atoms with Crippen LogP contribution in [-0.2, 0) is 0 Å². The van der Waals surface area contributed by atoms with Crippen molar-refractivity contribution in [3.8, 4) is 0 Å². The molecule has 1 aliphatic heterocycles. The maximum atomic E-state index is 4.49. The van der Waals surface area contributed by atoms with Crippen molar-refractivity contribution < 1.29 is 0 Å². The number of anilines is 1. The first-order chi connectivity index (χ1) is 8.27. The van der Waals surface area contributed by atoms with Gasteiger partial charge in [0, 0.05) is 18.8 Å². The lowest BCUT2D eigenvalue weighted by atomic mass is 10.0. The summed E-state index contributed by atoms with van der Waals surface area (Å²) in [7, 11) is 0. The fraction of sp³-hybridized carbons (Fsp3) is 0.538. The average molecular weight is 230 g/mol. The molecular formula is C13H18N4. The van der Waals surface area contributed by atoms with E-state index in [2.05, 4.69) is 39.8 Å². The van der Waals surface area contributed by atoms with Crippen LogP contribution in [0.2, 0.25) is 0 Å². The van der Waals surface area contributed by atoms with Gasteiger partial charge in [-0.2, -0.15) is 0 Å². The predicted molar refractivity (Wildman–Crippen MR) is 69.1 cm³/mol. The second-order valence-electron chi connectivity index (χ2n) is 5.08. The maximum absolute atomic E-state index is 4.49. The van der Waals surface area contributed by atoms with Gasteiger partial charge in [-0.05, 0) is 24.8 Å². The molecule has 0 aromatic carbocycles. The Bertz CT molecular complexity index is 517. The van der Waals surface area contributed by atoms with Crippen molar-refractivity contribution in [2.24, 2.45) is 5.92 Å². The third kappa shape index (κ3) is 1.68. The number of hydrogen-bond acceptors (Lipinski definition) is 3. The van der Waals surface area contributed by atoms with Crippen LogP contribution in [0.3, 0.4) is 0 Å². The summed E-state index contributed by atoms with van der Waals surface area (Å²) in [6.45, 7) is 5.69. The van der Waals surface area contributed by atoms with Crippen molar-refractivity contribution >= 4 is 16.9 Å². The highest BCUT2D eigenvalue weighted by atomic mass is 15.2. The van der Waals surface area contributed by atoms with Gasteiger partial charge in [0.05, 0.1) is 5.39 Å². The van der Waals surface area contributed by atoms with Crippen LogP contribution in [0.15, 0.2) is 18.6 Å². The van der Waals surface area contributed by atoms with Crippen LogP contribution in [0.1, 0.15) is 26.7 Å². The summed E-state index contributed by atoms with van der Waals surface area (Å²) in [5.74, 6) is 1.76. The zero-order valence-electron chi connectivity index (χ0n) is 10.3. The van der Waals surface area contributed by atoms with Crippen molar-refractivity contribution in [1.29, 1.82) is 0 Å². The van der Waals surface area contributed by atoms with Crippen molar-refractivity contribution in [2.75, 3.05) is 11.4 Å². The molecule has 1 saturated heterocycles. The second kappa shape index (κ2) is 4.02. The lowest BCUT2D eigenvalue weighted by molar-refractivity contribution is 0.490. The quantitative estimate of drug-likeness (QED) is 0.862. The molecule has 1 atom stereocenters. The Morgan fingerprint density at radius 2 is 2.29 bits per heavy atom. The highest BCUT2D eigenvalue weighted by molar-refractivity contribution is 5.87. The van der Waals surface area contributed by atoms with Crippen LogP contribution in [-0.4, -0.2) is 27.5 Å². The summed E-state index contributed by atoms with van der Waals surface area (Å²) in [6.07, 6.45) is 6.12. The van der Waals surface area contributed by atoms with E-state index in [0.717, 1.165) is 23.4 Å². The van der Waals surface area contributed by atoms with Gasteiger partial charge >= 0.3 is 0 Å². The first kappa shape index (κ1) is 10.6. The van der Waals surface area contributed by atoms with E-state index in [0.29, 0.717) is 12.0 Å². The zero-order valence-corrected chi connectivity index (χ0v) is 10.3. The van der Waals surface area contributed by atoms with Crippen LogP contribution < -0.4 is 4.90 Å². The Hall–Kier alpha value is -1.58. The van der Waals surface area contributed by atoms with Gasteiger partial charge < -0.3 is 9.88 Å². The number of H-pyrrole nitrogens is 1. The van der Waals surface area contributed by atoms with E-state index >= 15 is 0 Å². The molecule has 0 unspecified atom stereocenters. The van der Waals surface area contributed by atoms with Crippen LogP contribution in [0.25, 0.3) is 11.0 Å². The molecule has 2 aromatic heterocycles. The van der Waals surface area contributed by atoms with E-state index in [4.69, 9.17) is 0 Å². The molecule has 4 nitrogen and oxygen atoms in total. The molecule has 2 aromatic rings. The third-order valence-electron chi connectivity index (χ3n) is 3.67. The fourth-order valence-electron chi connectivity index (χ4n) is 2.84. The lowest BCUT2D eigenvalue weighted by Crippen LogP contribution is -2.34. The molecule has 1 fully saturated rings. The molecule has 0 radical (unpaired) electrons. The number of rotatable bonds is 2. The number of fused-ring (bicyclic) bond motifs is 1. The van der Waals surface area contributed by atoms with Crippen molar-refractivity contribution in [3.05, 3.63) is 18.6 Å². The summed E-state index contributed by atoms with van der Waals surface area (Å²) in [4.78, 5) is 14.3. The number of hydrogen-bond donors (Lipinski definition) is 1. The SMILES string of the molecule is CC(C)[C@H]1CCCN1c1ncnc2[nH]ccc12. The minimum atomic E-state index is 0.614. The molecule has 90 valence electrons. The summed E-state index contributed by atoms with van der Waals surface area (Å²) in [6, 6.07) is 2.68. The predicted octanol–water partition coefficient (Wildman–Crippen LogP) is 2.58. The Balaban J connectivity index is 2.05. The van der Waals surface area contributed by atoms with Crippen molar-refractivity contribution in [1.82, 2.24) is 15.0 Å². The second-order valence-corrected chi connectivity index (χ2v) is 5.08. The number of nitrogens with zero attached hydrogens (tertiary/aromatic N) is 3. The third-order valence-corrected chi connectivity index (χ3v) is 3.67. The lowest BCUT2D eigenvalue weighted by Gasteiger charge is -2.28. The molecule has 0 saturated carbocycles. The minimum absolute atomic E-state index is 0.614. The molecule has 3 rings (SSSR count). The van der Waals surface area contributed by atoms with Gasteiger partial charge in [0.25, 0.3) is 0 Å². The topological polar surface area (TPSA) is 44.8 Å². The van der Waals surface area contributed by atoms with Crippen molar-refractivity contribution in [3.63, 3.8) is 0 Å². The molecule has 0 aliphatic carbocycles. The summed E-state index contributed by atoms with van der Waals surface area (Å²) < 4.78 is 0. The van der Waals surface area contributed by atoms with Crippen LogP contribution in [0.5, 0.6) is 0 Å². The molecule has 0 bridgehead atoms. The molecule has 1 N–H and O–H groups in total. The van der Waals surface area contributed by atoms with Gasteiger partial charge in [-0.15, -0.1) is 0 Å². The van der Waals surface area contributed by atoms with E-state index < -0.39 is 0 Å². The van der Waals surface area contributed by atoms with E-state index in [1.54, 1.807) is 6.33 Å². The Morgan fingerprint density at radius 3 is 3.12 bits per heavy atom. The average Bonchev–Trinajstić information content (AvgIpc) is 2.97. The Kier molecular flexibility index (Phi) is 2.50. The van der Waals surface area contributed by atoms with Crippen LogP contribution in [0, 0.1) is 5.92 Å². The van der Waals surface area contributed by atoms with Gasteiger partial charge in [0.15, 0.2) is 0 Å². The van der Waals surface area contributed by atoms with Gasteiger partial charge in [0.2, 0.25) is 0 Å². The van der Waals surface area contributed by atoms with Crippen LogP contribution in [0.4, 0.5) is 5.82 Å². The first-order valence-electron chi connectivity index (χ1n) is 6.32. The van der Waals surface area contributed by atoms with Gasteiger partial charge in [-0.1, -0.05) is 13.8 Å². The Morgan fingerprint density at radius 1 is 1.41 bits per heavy atom. The minimum Gasteiger partial charge on any atom is -0.353 e.